The third-order valence-corrected chi connectivity index (χ3v) is 3.09. The second-order valence-corrected chi connectivity index (χ2v) is 4.42. The van der Waals surface area contributed by atoms with Crippen molar-refractivity contribution in [3.63, 3.8) is 0 Å². The van der Waals surface area contributed by atoms with Gasteiger partial charge in [-0.15, -0.1) is 0 Å². The highest BCUT2D eigenvalue weighted by molar-refractivity contribution is 5.95. The van der Waals surface area contributed by atoms with Crippen molar-refractivity contribution in [1.29, 1.82) is 0 Å². The topological polar surface area (TPSA) is 46.3 Å². The van der Waals surface area contributed by atoms with Crippen LogP contribution in [0.4, 0.5) is 5.69 Å². The minimum absolute atomic E-state index is 0.171. The number of nitrogens with two attached hydrogens (primary N) is 1. The fraction of sp³-hybridized carbons (Fsp3) is 0.357. The smallest absolute Gasteiger partial charge is 0.227 e. The van der Waals surface area contributed by atoms with Gasteiger partial charge in [-0.2, -0.15) is 0 Å². The zero-order valence-corrected chi connectivity index (χ0v) is 9.98. The first-order valence-electron chi connectivity index (χ1n) is 5.97. The number of amides is 1. The summed E-state index contributed by atoms with van der Waals surface area (Å²) in [6, 6.07) is 8.08. The highest BCUT2D eigenvalue weighted by atomic mass is 16.2. The molecule has 0 saturated carbocycles. The Kier molecular flexibility index (Phi) is 3.59. The molecule has 0 unspecified atom stereocenters. The van der Waals surface area contributed by atoms with Crippen LogP contribution in [-0.2, 0) is 11.2 Å². The van der Waals surface area contributed by atoms with E-state index in [1.54, 1.807) is 0 Å². The van der Waals surface area contributed by atoms with Crippen LogP contribution in [0.2, 0.25) is 0 Å². The van der Waals surface area contributed by atoms with Crippen molar-refractivity contribution < 1.29 is 4.79 Å². The van der Waals surface area contributed by atoms with Crippen molar-refractivity contribution >= 4 is 11.6 Å². The van der Waals surface area contributed by atoms with Gasteiger partial charge in [0.25, 0.3) is 0 Å². The monoisotopic (exact) mass is 230 g/mol. The average molecular weight is 230 g/mol. The molecule has 0 aromatic heterocycles. The summed E-state index contributed by atoms with van der Waals surface area (Å²) < 4.78 is 0. The first-order valence-corrected chi connectivity index (χ1v) is 5.97. The normalized spacial score (nSPS) is 15.4. The Morgan fingerprint density at radius 1 is 1.35 bits per heavy atom. The maximum atomic E-state index is 12.1. The van der Waals surface area contributed by atoms with Crippen LogP contribution in [0, 0.1) is 0 Å². The second-order valence-electron chi connectivity index (χ2n) is 4.42. The van der Waals surface area contributed by atoms with E-state index in [4.69, 9.17) is 5.73 Å². The summed E-state index contributed by atoms with van der Waals surface area (Å²) in [7, 11) is 0. The second kappa shape index (κ2) is 5.15. The third-order valence-electron chi connectivity index (χ3n) is 3.09. The van der Waals surface area contributed by atoms with Gasteiger partial charge < -0.3 is 10.6 Å². The number of carbonyl (C=O) groups excluding carboxylic acids is 1. The van der Waals surface area contributed by atoms with Gasteiger partial charge in [0.2, 0.25) is 5.91 Å². The molecule has 1 aromatic carbocycles. The number of para-hydroxylation sites is 1. The Morgan fingerprint density at radius 2 is 2.12 bits per heavy atom. The Balaban J connectivity index is 2.33. The summed E-state index contributed by atoms with van der Waals surface area (Å²) in [6.07, 6.45) is 2.49. The van der Waals surface area contributed by atoms with Crippen molar-refractivity contribution in [1.82, 2.24) is 0 Å². The number of rotatable bonds is 3. The Bertz CT molecular complexity index is 440. The summed E-state index contributed by atoms with van der Waals surface area (Å²) in [5, 5.41) is 0. The van der Waals surface area contributed by atoms with Gasteiger partial charge in [-0.3, -0.25) is 4.79 Å². The summed E-state index contributed by atoms with van der Waals surface area (Å²) >= 11 is 0. The molecule has 1 aliphatic rings. The van der Waals surface area contributed by atoms with Gasteiger partial charge in [-0.05, 0) is 30.0 Å². The zero-order valence-electron chi connectivity index (χ0n) is 9.98. The molecule has 3 nitrogen and oxygen atoms in total. The summed E-state index contributed by atoms with van der Waals surface area (Å²) in [4.78, 5) is 13.9. The molecule has 0 bridgehead atoms. The zero-order chi connectivity index (χ0) is 12.3. The molecule has 1 aromatic rings. The molecule has 2 N–H and O–H groups in total. The first-order chi connectivity index (χ1) is 8.22. The lowest BCUT2D eigenvalue weighted by Crippen LogP contribution is -2.33. The van der Waals surface area contributed by atoms with E-state index in [-0.39, 0.29) is 5.91 Å². The molecule has 90 valence electrons. The number of hydrogen-bond acceptors (Lipinski definition) is 2. The minimum atomic E-state index is 0.171. The fourth-order valence-electron chi connectivity index (χ4n) is 2.15. The quantitative estimate of drug-likeness (QED) is 0.806. The molecular weight excluding hydrogens is 212 g/mol. The van der Waals surface area contributed by atoms with E-state index in [1.165, 1.54) is 5.56 Å². The van der Waals surface area contributed by atoms with Gasteiger partial charge in [0, 0.05) is 25.2 Å². The lowest BCUT2D eigenvalue weighted by atomic mass is 10.1. The Labute approximate surface area is 102 Å². The van der Waals surface area contributed by atoms with Gasteiger partial charge in [0.05, 0.1) is 0 Å². The van der Waals surface area contributed by atoms with E-state index in [0.717, 1.165) is 24.1 Å². The largest absolute Gasteiger partial charge is 0.327 e. The van der Waals surface area contributed by atoms with Crippen molar-refractivity contribution in [3.8, 4) is 0 Å². The van der Waals surface area contributed by atoms with Crippen LogP contribution >= 0.6 is 0 Å². The molecule has 1 amide bonds. The van der Waals surface area contributed by atoms with Crippen LogP contribution in [-0.4, -0.2) is 19.0 Å². The van der Waals surface area contributed by atoms with Crippen LogP contribution in [0.1, 0.15) is 18.4 Å². The van der Waals surface area contributed by atoms with Gasteiger partial charge in [0.15, 0.2) is 0 Å². The van der Waals surface area contributed by atoms with Crippen LogP contribution in [0.25, 0.3) is 0 Å². The molecule has 17 heavy (non-hydrogen) atoms. The van der Waals surface area contributed by atoms with Gasteiger partial charge in [-0.25, -0.2) is 0 Å². The SMILES string of the molecule is C=C(CN)CN1C(=O)CCCc2ccccc21. The first kappa shape index (κ1) is 11.9. The number of hydrogen-bond donors (Lipinski definition) is 1. The van der Waals surface area contributed by atoms with Crippen LogP contribution in [0.5, 0.6) is 0 Å². The third kappa shape index (κ3) is 2.56. The molecule has 0 fully saturated rings. The molecule has 0 spiro atoms. The molecule has 1 heterocycles. The lowest BCUT2D eigenvalue weighted by Gasteiger charge is -2.23. The van der Waals surface area contributed by atoms with E-state index >= 15 is 0 Å². The Morgan fingerprint density at radius 3 is 2.88 bits per heavy atom. The average Bonchev–Trinajstić information content (AvgIpc) is 2.50. The van der Waals surface area contributed by atoms with Crippen molar-refractivity contribution in [3.05, 3.63) is 42.0 Å². The van der Waals surface area contributed by atoms with Crippen molar-refractivity contribution in [2.24, 2.45) is 5.73 Å². The maximum absolute atomic E-state index is 12.1. The predicted molar refractivity (Wildman–Crippen MR) is 69.9 cm³/mol. The maximum Gasteiger partial charge on any atom is 0.227 e. The van der Waals surface area contributed by atoms with E-state index in [2.05, 4.69) is 12.6 Å². The summed E-state index contributed by atoms with van der Waals surface area (Å²) in [5.74, 6) is 0.171. The van der Waals surface area contributed by atoms with Crippen LogP contribution in [0.15, 0.2) is 36.4 Å². The number of anilines is 1. The van der Waals surface area contributed by atoms with Crippen molar-refractivity contribution in [2.45, 2.75) is 19.3 Å². The highest BCUT2D eigenvalue weighted by Gasteiger charge is 2.21. The molecule has 2 rings (SSSR count). The standard InChI is InChI=1S/C14H18N2O/c1-11(9-15)10-16-13-7-3-2-5-12(13)6-4-8-14(16)17/h2-3,5,7H,1,4,6,8-10,15H2. The number of benzene rings is 1. The molecule has 0 aliphatic carbocycles. The lowest BCUT2D eigenvalue weighted by molar-refractivity contribution is -0.118. The Hall–Kier alpha value is -1.61. The molecule has 0 saturated heterocycles. The van der Waals surface area contributed by atoms with Gasteiger partial charge in [-0.1, -0.05) is 24.8 Å². The van der Waals surface area contributed by atoms with E-state index < -0.39 is 0 Å². The predicted octanol–water partition coefficient (Wildman–Crippen LogP) is 1.87. The number of carbonyl (C=O) groups is 1. The highest BCUT2D eigenvalue weighted by Crippen LogP contribution is 2.27. The summed E-state index contributed by atoms with van der Waals surface area (Å²) in [6.45, 7) is 4.84. The summed E-state index contributed by atoms with van der Waals surface area (Å²) in [5.41, 5.74) is 8.70. The fourth-order valence-corrected chi connectivity index (χ4v) is 2.15. The number of aryl methyl sites for hydroxylation is 1. The minimum Gasteiger partial charge on any atom is -0.327 e. The molecule has 0 radical (unpaired) electrons. The van der Waals surface area contributed by atoms with Crippen molar-refractivity contribution in [2.75, 3.05) is 18.0 Å². The van der Waals surface area contributed by atoms with Gasteiger partial charge in [0.1, 0.15) is 0 Å². The molecular formula is C14H18N2O. The van der Waals surface area contributed by atoms with Crippen LogP contribution < -0.4 is 10.6 Å². The number of fused-ring (bicyclic) bond motifs is 1. The van der Waals surface area contributed by atoms with E-state index in [1.807, 2.05) is 23.1 Å². The van der Waals surface area contributed by atoms with E-state index in [9.17, 15) is 4.79 Å². The molecule has 0 atom stereocenters. The van der Waals surface area contributed by atoms with Gasteiger partial charge >= 0.3 is 0 Å². The molecule has 3 heteroatoms. The van der Waals surface area contributed by atoms with Crippen LogP contribution in [0.3, 0.4) is 0 Å². The van der Waals surface area contributed by atoms with E-state index in [0.29, 0.717) is 19.5 Å². The molecule has 1 aliphatic heterocycles. The number of nitrogens with zero attached hydrogens (tertiary/aromatic N) is 1.